The summed E-state index contributed by atoms with van der Waals surface area (Å²) in [6, 6.07) is 13.8. The lowest BCUT2D eigenvalue weighted by Crippen LogP contribution is -2.29. The summed E-state index contributed by atoms with van der Waals surface area (Å²) in [5.41, 5.74) is 6.88. The van der Waals surface area contributed by atoms with Crippen LogP contribution in [0.2, 0.25) is 0 Å². The standard InChI is InChI=1S/C22H22FN5O3/c23-19-14-25-22(27-21(19)31-18-7-1-4-15(24)12-18)26-16-5-2-6-17(13-16)30-11-10-28-9-3-8-20(28)29/h1-2,4-7,12-14H,3,8-11,24H2,(H,25,26,27). The number of halogens is 1. The van der Waals surface area contributed by atoms with E-state index >= 15 is 0 Å². The van der Waals surface area contributed by atoms with Gasteiger partial charge in [0.15, 0.2) is 0 Å². The highest BCUT2D eigenvalue weighted by atomic mass is 19.1. The lowest BCUT2D eigenvalue weighted by atomic mass is 10.3. The van der Waals surface area contributed by atoms with Crippen LogP contribution >= 0.6 is 0 Å². The van der Waals surface area contributed by atoms with Crippen LogP contribution in [0.1, 0.15) is 12.8 Å². The molecule has 1 aliphatic heterocycles. The number of benzene rings is 2. The number of anilines is 3. The maximum absolute atomic E-state index is 14.1. The minimum Gasteiger partial charge on any atom is -0.492 e. The molecule has 2 aromatic carbocycles. The first-order valence-corrected chi connectivity index (χ1v) is 9.90. The highest BCUT2D eigenvalue weighted by Gasteiger charge is 2.19. The van der Waals surface area contributed by atoms with Gasteiger partial charge < -0.3 is 25.4 Å². The van der Waals surface area contributed by atoms with Crippen molar-refractivity contribution in [2.45, 2.75) is 12.8 Å². The Labute approximate surface area is 178 Å². The number of nitrogen functional groups attached to an aromatic ring is 1. The van der Waals surface area contributed by atoms with E-state index in [0.29, 0.717) is 42.4 Å². The Morgan fingerprint density at radius 3 is 2.81 bits per heavy atom. The molecule has 1 fully saturated rings. The van der Waals surface area contributed by atoms with E-state index in [-0.39, 0.29) is 17.7 Å². The molecule has 9 heteroatoms. The fraction of sp³-hybridized carbons (Fsp3) is 0.227. The molecule has 0 radical (unpaired) electrons. The van der Waals surface area contributed by atoms with Crippen molar-refractivity contribution in [1.29, 1.82) is 0 Å². The van der Waals surface area contributed by atoms with Gasteiger partial charge in [0.2, 0.25) is 17.7 Å². The number of nitrogens with zero attached hydrogens (tertiary/aromatic N) is 3. The third-order valence-corrected chi connectivity index (χ3v) is 4.68. The SMILES string of the molecule is Nc1cccc(Oc2nc(Nc3cccc(OCCN4CCCC4=O)c3)ncc2F)c1. The van der Waals surface area contributed by atoms with Gasteiger partial charge in [-0.1, -0.05) is 12.1 Å². The summed E-state index contributed by atoms with van der Waals surface area (Å²) in [6.07, 6.45) is 2.55. The summed E-state index contributed by atoms with van der Waals surface area (Å²) in [6.45, 7) is 1.74. The number of carbonyl (C=O) groups excluding carboxylic acids is 1. The van der Waals surface area contributed by atoms with E-state index in [1.165, 1.54) is 0 Å². The van der Waals surface area contributed by atoms with Gasteiger partial charge in [0.1, 0.15) is 18.1 Å². The predicted octanol–water partition coefficient (Wildman–Crippen LogP) is 3.74. The van der Waals surface area contributed by atoms with Crippen molar-refractivity contribution in [2.75, 3.05) is 30.7 Å². The van der Waals surface area contributed by atoms with Gasteiger partial charge in [0, 0.05) is 36.5 Å². The van der Waals surface area contributed by atoms with Crippen molar-refractivity contribution in [1.82, 2.24) is 14.9 Å². The third-order valence-electron chi connectivity index (χ3n) is 4.68. The summed E-state index contributed by atoms with van der Waals surface area (Å²) >= 11 is 0. The van der Waals surface area contributed by atoms with Gasteiger partial charge in [-0.05, 0) is 30.7 Å². The van der Waals surface area contributed by atoms with Crippen LogP contribution in [-0.4, -0.2) is 40.5 Å². The largest absolute Gasteiger partial charge is 0.492 e. The average molecular weight is 423 g/mol. The van der Waals surface area contributed by atoms with Gasteiger partial charge in [-0.25, -0.2) is 4.98 Å². The highest BCUT2D eigenvalue weighted by Crippen LogP contribution is 2.26. The second-order valence-corrected chi connectivity index (χ2v) is 7.01. The van der Waals surface area contributed by atoms with Gasteiger partial charge in [-0.2, -0.15) is 9.37 Å². The van der Waals surface area contributed by atoms with Gasteiger partial charge in [-0.15, -0.1) is 0 Å². The Balaban J connectivity index is 1.39. The monoisotopic (exact) mass is 423 g/mol. The number of nitrogens with two attached hydrogens (primary N) is 1. The third kappa shape index (κ3) is 5.39. The Morgan fingerprint density at radius 1 is 1.16 bits per heavy atom. The quantitative estimate of drug-likeness (QED) is 0.532. The summed E-state index contributed by atoms with van der Waals surface area (Å²) in [7, 11) is 0. The van der Waals surface area contributed by atoms with Gasteiger partial charge >= 0.3 is 0 Å². The molecule has 3 aromatic rings. The average Bonchev–Trinajstić information content (AvgIpc) is 3.16. The van der Waals surface area contributed by atoms with Gasteiger partial charge in [0.05, 0.1) is 12.7 Å². The lowest BCUT2D eigenvalue weighted by Gasteiger charge is -2.16. The van der Waals surface area contributed by atoms with Crippen molar-refractivity contribution < 1.29 is 18.7 Å². The van der Waals surface area contributed by atoms with E-state index in [1.54, 1.807) is 35.2 Å². The Hall–Kier alpha value is -3.88. The van der Waals surface area contributed by atoms with Crippen molar-refractivity contribution in [3.63, 3.8) is 0 Å². The number of aromatic nitrogens is 2. The minimum absolute atomic E-state index is 0.167. The zero-order chi connectivity index (χ0) is 21.6. The molecule has 1 aliphatic rings. The summed E-state index contributed by atoms with van der Waals surface area (Å²) in [4.78, 5) is 21.5. The number of nitrogens with one attached hydrogen (secondary N) is 1. The molecule has 4 rings (SSSR count). The smallest absolute Gasteiger partial charge is 0.260 e. The van der Waals surface area contributed by atoms with Crippen LogP contribution in [0.25, 0.3) is 0 Å². The molecule has 0 aliphatic carbocycles. The molecule has 160 valence electrons. The van der Waals surface area contributed by atoms with E-state index in [1.807, 2.05) is 18.2 Å². The van der Waals surface area contributed by atoms with Gasteiger partial charge in [-0.3, -0.25) is 4.79 Å². The van der Waals surface area contributed by atoms with E-state index in [4.69, 9.17) is 15.2 Å². The van der Waals surface area contributed by atoms with Crippen LogP contribution in [-0.2, 0) is 4.79 Å². The van der Waals surface area contributed by atoms with Crippen LogP contribution in [0.4, 0.5) is 21.7 Å². The fourth-order valence-electron chi connectivity index (χ4n) is 3.18. The van der Waals surface area contributed by atoms with E-state index < -0.39 is 5.82 Å². The number of amides is 1. The topological polar surface area (TPSA) is 103 Å². The molecule has 2 heterocycles. The zero-order valence-electron chi connectivity index (χ0n) is 16.8. The Kier molecular flexibility index (Phi) is 6.11. The number of likely N-dealkylation sites (tertiary alicyclic amines) is 1. The number of hydrogen-bond donors (Lipinski definition) is 2. The summed E-state index contributed by atoms with van der Waals surface area (Å²) < 4.78 is 25.4. The van der Waals surface area contributed by atoms with Gasteiger partial charge in [0.25, 0.3) is 5.88 Å². The number of hydrogen-bond acceptors (Lipinski definition) is 7. The molecule has 1 amide bonds. The molecule has 3 N–H and O–H groups in total. The molecule has 1 aromatic heterocycles. The van der Waals surface area contributed by atoms with E-state index in [0.717, 1.165) is 19.2 Å². The normalized spacial score (nSPS) is 13.3. The summed E-state index contributed by atoms with van der Waals surface area (Å²) in [5.74, 6) is 0.432. The maximum Gasteiger partial charge on any atom is 0.260 e. The summed E-state index contributed by atoms with van der Waals surface area (Å²) in [5, 5.41) is 3.01. The van der Waals surface area contributed by atoms with Crippen molar-refractivity contribution >= 4 is 23.2 Å². The first kappa shape index (κ1) is 20.4. The molecule has 31 heavy (non-hydrogen) atoms. The fourth-order valence-corrected chi connectivity index (χ4v) is 3.18. The molecule has 0 spiro atoms. The molecule has 8 nitrogen and oxygen atoms in total. The van der Waals surface area contributed by atoms with Crippen LogP contribution in [0.15, 0.2) is 54.7 Å². The molecule has 0 saturated carbocycles. The van der Waals surface area contributed by atoms with Crippen molar-refractivity contribution in [3.05, 3.63) is 60.5 Å². The van der Waals surface area contributed by atoms with Crippen molar-refractivity contribution in [3.8, 4) is 17.4 Å². The lowest BCUT2D eigenvalue weighted by molar-refractivity contribution is -0.128. The molecular formula is C22H22FN5O3. The van der Waals surface area contributed by atoms with Crippen LogP contribution in [0, 0.1) is 5.82 Å². The van der Waals surface area contributed by atoms with Crippen LogP contribution in [0.3, 0.4) is 0 Å². The highest BCUT2D eigenvalue weighted by molar-refractivity contribution is 5.78. The predicted molar refractivity (Wildman–Crippen MR) is 114 cm³/mol. The first-order valence-electron chi connectivity index (χ1n) is 9.90. The number of carbonyl (C=O) groups is 1. The Morgan fingerprint density at radius 2 is 2.00 bits per heavy atom. The minimum atomic E-state index is -0.693. The number of ether oxygens (including phenoxy) is 2. The molecule has 0 bridgehead atoms. The van der Waals surface area contributed by atoms with E-state index in [9.17, 15) is 9.18 Å². The first-order chi connectivity index (χ1) is 15.1. The Bertz CT molecular complexity index is 1080. The van der Waals surface area contributed by atoms with Crippen LogP contribution < -0.4 is 20.5 Å². The number of rotatable bonds is 8. The second-order valence-electron chi connectivity index (χ2n) is 7.01. The maximum atomic E-state index is 14.1. The van der Waals surface area contributed by atoms with E-state index in [2.05, 4.69) is 15.3 Å². The molecular weight excluding hydrogens is 401 g/mol. The zero-order valence-corrected chi connectivity index (χ0v) is 16.8. The molecule has 0 unspecified atom stereocenters. The van der Waals surface area contributed by atoms with Crippen molar-refractivity contribution in [2.24, 2.45) is 0 Å². The molecule has 1 saturated heterocycles. The second kappa shape index (κ2) is 9.29. The molecule has 0 atom stereocenters. The van der Waals surface area contributed by atoms with Crippen LogP contribution in [0.5, 0.6) is 17.4 Å².